The molecule has 2 N–H and O–H groups in total. The van der Waals surface area contributed by atoms with Gasteiger partial charge in [0.15, 0.2) is 6.03 Å². The number of carbonyl (C=O) groups excluding carboxylic acids is 1. The fraction of sp³-hybridized carbons (Fsp3) is 0. The summed E-state index contributed by atoms with van der Waals surface area (Å²) >= 11 is 0. The van der Waals surface area contributed by atoms with Crippen LogP contribution in [0.15, 0.2) is 18.4 Å². The molecule has 0 aromatic heterocycles. The van der Waals surface area contributed by atoms with Gasteiger partial charge in [0.1, 0.15) is 0 Å². The molecule has 0 spiro atoms. The Kier molecular flexibility index (Phi) is 9.23. The molecule has 0 bridgehead atoms. The van der Waals surface area contributed by atoms with Crippen LogP contribution in [-0.2, 0) is 20.1 Å². The van der Waals surface area contributed by atoms with Gasteiger partial charge in [-0.15, -0.1) is 0 Å². The zero-order chi connectivity index (χ0) is 6.41. The predicted octanol–water partition coefficient (Wildman–Crippen LogP) is 0.939. The van der Waals surface area contributed by atoms with Gasteiger partial charge in [-0.3, -0.25) is 11.4 Å². The summed E-state index contributed by atoms with van der Waals surface area (Å²) in [5.41, 5.74) is 4.62. The molecule has 0 saturated carbocycles. The third-order valence-electron chi connectivity index (χ3n) is 0.399. The molecular formula is C5H6IrN2O-2. The van der Waals surface area contributed by atoms with Gasteiger partial charge in [0.25, 0.3) is 0 Å². The molecular weight excluding hydrogens is 296 g/mol. The summed E-state index contributed by atoms with van der Waals surface area (Å²) in [6.07, 6.45) is 3.89. The molecule has 0 aromatic rings. The van der Waals surface area contributed by atoms with E-state index in [1.807, 2.05) is 0 Å². The number of carbonyl (C=O) groups is 1. The first-order valence-electron chi connectivity index (χ1n) is 1.97. The van der Waals surface area contributed by atoms with Crippen LogP contribution < -0.4 is 5.73 Å². The molecule has 9 heavy (non-hydrogen) atoms. The molecule has 0 rings (SSSR count). The van der Waals surface area contributed by atoms with Crippen LogP contribution in [0, 0.1) is 6.58 Å². The minimum atomic E-state index is -0.719. The molecule has 0 aliphatic rings. The van der Waals surface area contributed by atoms with E-state index in [-0.39, 0.29) is 20.1 Å². The van der Waals surface area contributed by atoms with Gasteiger partial charge in [-0.1, -0.05) is 0 Å². The van der Waals surface area contributed by atoms with Gasteiger partial charge >= 0.3 is 0 Å². The number of urea groups is 1. The van der Waals surface area contributed by atoms with Crippen LogP contribution in [0.2, 0.25) is 0 Å². The minimum absolute atomic E-state index is 0. The average molecular weight is 302 g/mol. The standard InChI is InChI=1S/C5H7N2O.Ir/c1-2-3-4-7-5(6)8;/h1-4H,(H3,6,7,8);/q-1;/p-1/b4-3-;. The van der Waals surface area contributed by atoms with Crippen LogP contribution in [0.1, 0.15) is 0 Å². The first kappa shape index (κ1) is 11.2. The molecule has 4 heteroatoms. The second-order valence-corrected chi connectivity index (χ2v) is 1.00. The van der Waals surface area contributed by atoms with E-state index in [0.717, 1.165) is 0 Å². The Bertz CT molecular complexity index is 122. The Morgan fingerprint density at radius 2 is 2.22 bits per heavy atom. The zero-order valence-electron chi connectivity index (χ0n) is 4.58. The van der Waals surface area contributed by atoms with Gasteiger partial charge < -0.3 is 11.1 Å². The van der Waals surface area contributed by atoms with E-state index < -0.39 is 6.03 Å². The second kappa shape index (κ2) is 7.40. The molecule has 1 radical (unpaired) electrons. The fourth-order valence-electron chi connectivity index (χ4n) is 0.166. The predicted molar refractivity (Wildman–Crippen MR) is 31.0 cm³/mol. The minimum Gasteiger partial charge on any atom is -0.462 e. The van der Waals surface area contributed by atoms with Crippen LogP contribution in [-0.4, -0.2) is 6.03 Å². The summed E-state index contributed by atoms with van der Waals surface area (Å²) in [4.78, 5) is 9.82. The van der Waals surface area contributed by atoms with E-state index in [9.17, 15) is 4.79 Å². The third kappa shape index (κ3) is 11.1. The fourth-order valence-corrected chi connectivity index (χ4v) is 0.166. The first-order valence-corrected chi connectivity index (χ1v) is 1.97. The third-order valence-corrected chi connectivity index (χ3v) is 0.399. The quantitative estimate of drug-likeness (QED) is 0.599. The van der Waals surface area contributed by atoms with E-state index in [1.54, 1.807) is 0 Å². The van der Waals surface area contributed by atoms with Gasteiger partial charge in [-0.25, -0.2) is 12.2 Å². The summed E-state index contributed by atoms with van der Waals surface area (Å²) in [5.74, 6) is 0. The molecule has 0 fully saturated rings. The Hall–Kier alpha value is -0.601. The number of hydrogen-bond donors (Lipinski definition) is 1. The molecule has 3 nitrogen and oxygen atoms in total. The number of nitrogens with two attached hydrogens (primary N) is 1. The van der Waals surface area contributed by atoms with Crippen LogP contribution in [0.25, 0.3) is 5.32 Å². The van der Waals surface area contributed by atoms with Crippen molar-refractivity contribution in [3.05, 3.63) is 30.2 Å². The first-order chi connectivity index (χ1) is 3.77. The number of primary amides is 1. The number of nitrogens with zero attached hydrogens (tertiary/aromatic N) is 1. The summed E-state index contributed by atoms with van der Waals surface area (Å²) < 4.78 is 0. The number of amides is 2. The van der Waals surface area contributed by atoms with Crippen molar-refractivity contribution in [1.29, 1.82) is 0 Å². The maximum absolute atomic E-state index is 9.82. The van der Waals surface area contributed by atoms with Crippen molar-refractivity contribution < 1.29 is 24.9 Å². The summed E-state index contributed by atoms with van der Waals surface area (Å²) in [6, 6.07) is -0.719. The smallest absolute Gasteiger partial charge is 0.152 e. The topological polar surface area (TPSA) is 57.2 Å². The molecule has 2 amide bonds. The van der Waals surface area contributed by atoms with Crippen LogP contribution in [0.5, 0.6) is 0 Å². The summed E-state index contributed by atoms with van der Waals surface area (Å²) in [5, 5.41) is 3.16. The molecule has 53 valence electrons. The maximum Gasteiger partial charge on any atom is 0.152 e. The van der Waals surface area contributed by atoms with E-state index in [0.29, 0.717) is 0 Å². The molecule has 0 aliphatic carbocycles. The van der Waals surface area contributed by atoms with E-state index in [1.165, 1.54) is 18.4 Å². The Morgan fingerprint density at radius 1 is 1.67 bits per heavy atom. The van der Waals surface area contributed by atoms with Gasteiger partial charge in [0.2, 0.25) is 0 Å². The Balaban J connectivity index is 0. The van der Waals surface area contributed by atoms with Crippen molar-refractivity contribution >= 4 is 6.03 Å². The zero-order valence-corrected chi connectivity index (χ0v) is 6.97. The molecule has 0 heterocycles. The normalized spacial score (nSPS) is 8.00. The van der Waals surface area contributed by atoms with Crippen molar-refractivity contribution in [2.45, 2.75) is 0 Å². The van der Waals surface area contributed by atoms with Crippen molar-refractivity contribution in [3.63, 3.8) is 0 Å². The maximum atomic E-state index is 9.82. The van der Waals surface area contributed by atoms with Gasteiger partial charge in [0, 0.05) is 20.1 Å². The van der Waals surface area contributed by atoms with Crippen molar-refractivity contribution in [2.24, 2.45) is 5.73 Å². The molecule has 0 unspecified atom stereocenters. The van der Waals surface area contributed by atoms with Gasteiger partial charge in [-0.05, 0) is 0 Å². The van der Waals surface area contributed by atoms with Gasteiger partial charge in [0.05, 0.1) is 0 Å². The average Bonchev–Trinajstić information content (AvgIpc) is 1.66. The van der Waals surface area contributed by atoms with Crippen LogP contribution in [0.3, 0.4) is 0 Å². The number of rotatable bonds is 2. The van der Waals surface area contributed by atoms with E-state index in [4.69, 9.17) is 6.58 Å². The van der Waals surface area contributed by atoms with Crippen LogP contribution in [0.4, 0.5) is 4.79 Å². The summed E-state index contributed by atoms with van der Waals surface area (Å²) in [7, 11) is 0. The van der Waals surface area contributed by atoms with Crippen molar-refractivity contribution in [1.82, 2.24) is 0 Å². The SMILES string of the molecule is [CH-]=C/C=C\[N-]C(N)=O.[Ir]. The van der Waals surface area contributed by atoms with E-state index in [2.05, 4.69) is 11.1 Å². The summed E-state index contributed by atoms with van der Waals surface area (Å²) in [6.45, 7) is 4.89. The van der Waals surface area contributed by atoms with Crippen molar-refractivity contribution in [2.75, 3.05) is 0 Å². The largest absolute Gasteiger partial charge is 0.462 e. The number of allylic oxidation sites excluding steroid dienone is 2. The molecule has 0 aromatic carbocycles. The number of hydrogen-bond acceptors (Lipinski definition) is 1. The second-order valence-electron chi connectivity index (χ2n) is 1.00. The van der Waals surface area contributed by atoms with Crippen LogP contribution >= 0.6 is 0 Å². The molecule has 0 saturated heterocycles. The molecule has 0 aliphatic heterocycles. The Morgan fingerprint density at radius 3 is 2.56 bits per heavy atom. The van der Waals surface area contributed by atoms with Gasteiger partial charge in [-0.2, -0.15) is 6.20 Å². The van der Waals surface area contributed by atoms with E-state index >= 15 is 0 Å². The molecule has 0 atom stereocenters. The monoisotopic (exact) mass is 303 g/mol. The Labute approximate surface area is 67.3 Å². The van der Waals surface area contributed by atoms with Crippen molar-refractivity contribution in [3.8, 4) is 0 Å².